The Bertz CT molecular complexity index is 754. The minimum absolute atomic E-state index is 0.423. The first kappa shape index (κ1) is 18.5. The van der Waals surface area contributed by atoms with Crippen LogP contribution in [0, 0.1) is 0 Å². The van der Waals surface area contributed by atoms with Crippen molar-refractivity contribution in [3.05, 3.63) is 65.2 Å². The van der Waals surface area contributed by atoms with Gasteiger partial charge in [0.15, 0.2) is 6.10 Å². The third kappa shape index (κ3) is 5.97. The summed E-state index contributed by atoms with van der Waals surface area (Å²) >= 11 is 5.79. The van der Waals surface area contributed by atoms with Crippen LogP contribution in [0.15, 0.2) is 54.6 Å². The van der Waals surface area contributed by atoms with Crippen LogP contribution in [-0.4, -0.2) is 25.1 Å². The summed E-state index contributed by atoms with van der Waals surface area (Å²) in [7, 11) is 1.58. The van der Waals surface area contributed by atoms with Gasteiger partial charge in [0.05, 0.1) is 7.11 Å². The first-order chi connectivity index (χ1) is 12.0. The third-order valence-corrected chi connectivity index (χ3v) is 3.55. The molecule has 0 saturated carbocycles. The number of nitrogens with one attached hydrogen (secondary N) is 1. The molecule has 130 valence electrons. The molecule has 1 atom stereocenters. The molecule has 0 aliphatic carbocycles. The van der Waals surface area contributed by atoms with Gasteiger partial charge < -0.3 is 14.8 Å². The minimum atomic E-state index is -0.927. The van der Waals surface area contributed by atoms with E-state index in [0.717, 1.165) is 11.3 Å². The highest BCUT2D eigenvalue weighted by Crippen LogP contribution is 2.14. The number of carbonyl (C=O) groups excluding carboxylic acids is 2. The SMILES string of the molecule is COc1ccc(/C=C/C(=O)O[C@H](C)C(=O)Nc2ccc(Cl)cc2)cc1. The molecule has 25 heavy (non-hydrogen) atoms. The van der Waals surface area contributed by atoms with Gasteiger partial charge in [0, 0.05) is 16.8 Å². The molecule has 0 aliphatic rings. The Balaban J connectivity index is 1.86. The molecular weight excluding hydrogens is 342 g/mol. The Morgan fingerprint density at radius 3 is 2.32 bits per heavy atom. The van der Waals surface area contributed by atoms with E-state index in [1.165, 1.54) is 13.0 Å². The van der Waals surface area contributed by atoms with Crippen LogP contribution in [0.3, 0.4) is 0 Å². The predicted octanol–water partition coefficient (Wildman–Crippen LogP) is 3.93. The molecule has 2 aromatic carbocycles. The zero-order valence-corrected chi connectivity index (χ0v) is 14.6. The van der Waals surface area contributed by atoms with Crippen molar-refractivity contribution in [1.29, 1.82) is 0 Å². The van der Waals surface area contributed by atoms with Crippen molar-refractivity contribution in [1.82, 2.24) is 0 Å². The number of halogens is 1. The number of esters is 1. The van der Waals surface area contributed by atoms with Crippen molar-refractivity contribution in [2.75, 3.05) is 12.4 Å². The number of amides is 1. The monoisotopic (exact) mass is 359 g/mol. The van der Waals surface area contributed by atoms with Crippen molar-refractivity contribution in [3.8, 4) is 5.75 Å². The Hall–Kier alpha value is -2.79. The van der Waals surface area contributed by atoms with Gasteiger partial charge in [-0.2, -0.15) is 0 Å². The lowest BCUT2D eigenvalue weighted by Gasteiger charge is -2.12. The number of rotatable bonds is 6. The van der Waals surface area contributed by atoms with Crippen LogP contribution >= 0.6 is 11.6 Å². The second-order valence-corrected chi connectivity index (χ2v) is 5.62. The number of ether oxygens (including phenoxy) is 2. The zero-order valence-electron chi connectivity index (χ0n) is 13.9. The number of anilines is 1. The van der Waals surface area contributed by atoms with Crippen molar-refractivity contribution >= 4 is 35.2 Å². The van der Waals surface area contributed by atoms with Crippen LogP contribution in [-0.2, 0) is 14.3 Å². The van der Waals surface area contributed by atoms with E-state index in [2.05, 4.69) is 5.32 Å². The maximum Gasteiger partial charge on any atom is 0.331 e. The molecule has 0 aromatic heterocycles. The Labute approximate surface area is 151 Å². The molecule has 0 unspecified atom stereocenters. The molecule has 0 radical (unpaired) electrons. The van der Waals surface area contributed by atoms with Gasteiger partial charge in [-0.15, -0.1) is 0 Å². The van der Waals surface area contributed by atoms with Crippen LogP contribution < -0.4 is 10.1 Å². The first-order valence-electron chi connectivity index (χ1n) is 7.57. The van der Waals surface area contributed by atoms with Crippen molar-refractivity contribution in [2.24, 2.45) is 0 Å². The molecule has 2 aromatic rings. The van der Waals surface area contributed by atoms with E-state index in [1.54, 1.807) is 61.7 Å². The normalized spacial score (nSPS) is 11.8. The molecule has 5 nitrogen and oxygen atoms in total. The number of hydrogen-bond donors (Lipinski definition) is 1. The zero-order chi connectivity index (χ0) is 18.2. The van der Waals surface area contributed by atoms with Crippen LogP contribution in [0.25, 0.3) is 6.08 Å². The average molecular weight is 360 g/mol. The third-order valence-electron chi connectivity index (χ3n) is 3.30. The van der Waals surface area contributed by atoms with Crippen LogP contribution in [0.1, 0.15) is 12.5 Å². The summed E-state index contributed by atoms with van der Waals surface area (Å²) < 4.78 is 10.1. The molecule has 0 fully saturated rings. The molecular formula is C19H18ClNO4. The van der Waals surface area contributed by atoms with Crippen LogP contribution in [0.4, 0.5) is 5.69 Å². The maximum atomic E-state index is 12.0. The summed E-state index contributed by atoms with van der Waals surface area (Å²) in [6, 6.07) is 13.8. The predicted molar refractivity (Wildman–Crippen MR) is 97.7 cm³/mol. The van der Waals surface area contributed by atoms with E-state index in [1.807, 2.05) is 0 Å². The topological polar surface area (TPSA) is 64.6 Å². The van der Waals surface area contributed by atoms with Gasteiger partial charge >= 0.3 is 5.97 Å². The van der Waals surface area contributed by atoms with E-state index >= 15 is 0 Å². The van der Waals surface area contributed by atoms with Gasteiger partial charge in [0.1, 0.15) is 5.75 Å². The van der Waals surface area contributed by atoms with E-state index in [0.29, 0.717) is 10.7 Å². The Kier molecular flexibility index (Phi) is 6.60. The summed E-state index contributed by atoms with van der Waals surface area (Å²) in [6.07, 6.45) is 1.95. The smallest absolute Gasteiger partial charge is 0.331 e. The molecule has 0 heterocycles. The molecule has 0 spiro atoms. The fourth-order valence-electron chi connectivity index (χ4n) is 1.92. The number of methoxy groups -OCH3 is 1. The number of hydrogen-bond acceptors (Lipinski definition) is 4. The minimum Gasteiger partial charge on any atom is -0.497 e. The highest BCUT2D eigenvalue weighted by Gasteiger charge is 2.16. The molecule has 1 N–H and O–H groups in total. The second kappa shape index (κ2) is 8.89. The lowest BCUT2D eigenvalue weighted by atomic mass is 10.2. The second-order valence-electron chi connectivity index (χ2n) is 5.18. The van der Waals surface area contributed by atoms with Crippen molar-refractivity contribution in [3.63, 3.8) is 0 Å². The Morgan fingerprint density at radius 2 is 1.72 bits per heavy atom. The molecule has 0 bridgehead atoms. The van der Waals surface area contributed by atoms with Gasteiger partial charge in [0.25, 0.3) is 5.91 Å². The van der Waals surface area contributed by atoms with E-state index < -0.39 is 18.0 Å². The largest absolute Gasteiger partial charge is 0.497 e. The summed E-state index contributed by atoms with van der Waals surface area (Å²) in [5.74, 6) is -0.296. The van der Waals surface area contributed by atoms with Gasteiger partial charge in [-0.3, -0.25) is 4.79 Å². The fourth-order valence-corrected chi connectivity index (χ4v) is 2.05. The highest BCUT2D eigenvalue weighted by molar-refractivity contribution is 6.30. The molecule has 0 aliphatic heterocycles. The van der Waals surface area contributed by atoms with Gasteiger partial charge in [0.2, 0.25) is 0 Å². The lowest BCUT2D eigenvalue weighted by Crippen LogP contribution is -2.29. The van der Waals surface area contributed by atoms with E-state index in [4.69, 9.17) is 21.1 Å². The van der Waals surface area contributed by atoms with E-state index in [9.17, 15) is 9.59 Å². The van der Waals surface area contributed by atoms with Gasteiger partial charge in [-0.1, -0.05) is 23.7 Å². The Morgan fingerprint density at radius 1 is 1.08 bits per heavy atom. The quantitative estimate of drug-likeness (QED) is 0.627. The number of carbonyl (C=O) groups is 2. The number of benzene rings is 2. The summed E-state index contributed by atoms with van der Waals surface area (Å²) in [5.41, 5.74) is 1.39. The highest BCUT2D eigenvalue weighted by atomic mass is 35.5. The summed E-state index contributed by atoms with van der Waals surface area (Å²) in [4.78, 5) is 23.8. The van der Waals surface area contributed by atoms with Gasteiger partial charge in [-0.25, -0.2) is 4.79 Å². The molecule has 1 amide bonds. The summed E-state index contributed by atoms with van der Waals surface area (Å²) in [6.45, 7) is 1.50. The fraction of sp³-hybridized carbons (Fsp3) is 0.158. The molecule has 0 saturated heterocycles. The standard InChI is InChI=1S/C19H18ClNO4/c1-13(19(23)21-16-8-6-15(20)7-9-16)25-18(22)12-5-14-3-10-17(24-2)11-4-14/h3-13H,1-2H3,(H,21,23)/b12-5+/t13-/m1/s1. The van der Waals surface area contributed by atoms with E-state index in [-0.39, 0.29) is 0 Å². The van der Waals surface area contributed by atoms with Crippen molar-refractivity contribution in [2.45, 2.75) is 13.0 Å². The molecule has 2 rings (SSSR count). The lowest BCUT2D eigenvalue weighted by molar-refractivity contribution is -0.148. The van der Waals surface area contributed by atoms with Crippen LogP contribution in [0.5, 0.6) is 5.75 Å². The maximum absolute atomic E-state index is 12.0. The summed E-state index contributed by atoms with van der Waals surface area (Å²) in [5, 5.41) is 3.22. The first-order valence-corrected chi connectivity index (χ1v) is 7.95. The van der Waals surface area contributed by atoms with Crippen molar-refractivity contribution < 1.29 is 19.1 Å². The van der Waals surface area contributed by atoms with Gasteiger partial charge in [-0.05, 0) is 55.0 Å². The average Bonchev–Trinajstić information content (AvgIpc) is 2.62. The van der Waals surface area contributed by atoms with Crippen LogP contribution in [0.2, 0.25) is 5.02 Å². The molecule has 6 heteroatoms.